The lowest BCUT2D eigenvalue weighted by molar-refractivity contribution is -0.858. The Kier molecular flexibility index (Phi) is 8.93. The molecule has 0 atom stereocenters. The number of carbonyl (C=O) groups is 1. The third-order valence-electron chi connectivity index (χ3n) is 2.10. The maximum Gasteiger partial charge on any atom is 0.344 e. The molecule has 4 nitrogen and oxygen atoms in total. The standard InChI is InChI=1S/C12H15Cl2NO3.ClH/c1-15(2)5-6-17-12(16)8-18-11-4-3-9(13)7-10(11)14;/h3-4,7H,5-6,8H2,1-2H3;1H. The van der Waals surface area contributed by atoms with Gasteiger partial charge < -0.3 is 26.8 Å². The highest BCUT2D eigenvalue weighted by molar-refractivity contribution is 6.35. The van der Waals surface area contributed by atoms with Gasteiger partial charge in [0.25, 0.3) is 0 Å². The Morgan fingerprint density at radius 2 is 2.00 bits per heavy atom. The number of benzene rings is 1. The van der Waals surface area contributed by atoms with Crippen LogP contribution in [0.15, 0.2) is 18.2 Å². The molecule has 1 N–H and O–H groups in total. The Bertz CT molecular complexity index is 413. The van der Waals surface area contributed by atoms with Crippen molar-refractivity contribution >= 4 is 29.2 Å². The van der Waals surface area contributed by atoms with E-state index in [0.29, 0.717) is 22.4 Å². The van der Waals surface area contributed by atoms with Crippen LogP contribution in [0.2, 0.25) is 10.0 Å². The maximum absolute atomic E-state index is 11.4. The molecule has 0 saturated carbocycles. The van der Waals surface area contributed by atoms with E-state index in [1.807, 2.05) is 14.1 Å². The third kappa shape index (κ3) is 7.47. The number of carbonyl (C=O) groups excluding carboxylic acids is 1. The zero-order valence-corrected chi connectivity index (χ0v) is 13.0. The van der Waals surface area contributed by atoms with E-state index in [0.717, 1.165) is 6.54 Å². The lowest BCUT2D eigenvalue weighted by atomic mass is 10.3. The molecule has 0 unspecified atom stereocenters. The van der Waals surface area contributed by atoms with Gasteiger partial charge in [-0.2, -0.15) is 0 Å². The SMILES string of the molecule is C[NH+](C)CCOC(=O)COc1ccc(Cl)cc1Cl.[Cl-]. The average Bonchev–Trinajstić information content (AvgIpc) is 2.27. The van der Waals surface area contributed by atoms with Gasteiger partial charge in [-0.05, 0) is 18.2 Å². The Morgan fingerprint density at radius 1 is 1.32 bits per heavy atom. The number of quaternary nitrogens is 1. The summed E-state index contributed by atoms with van der Waals surface area (Å²) < 4.78 is 10.2. The van der Waals surface area contributed by atoms with Gasteiger partial charge in [0.05, 0.1) is 19.1 Å². The number of likely N-dealkylation sites (N-methyl/N-ethyl adjacent to an activating group) is 1. The van der Waals surface area contributed by atoms with Crippen LogP contribution in [0.4, 0.5) is 0 Å². The highest BCUT2D eigenvalue weighted by Gasteiger charge is 2.08. The quantitative estimate of drug-likeness (QED) is 0.618. The number of hydrogen-bond donors (Lipinski definition) is 1. The second-order valence-corrected chi connectivity index (χ2v) is 4.88. The molecular weight excluding hydrogens is 312 g/mol. The fourth-order valence-corrected chi connectivity index (χ4v) is 1.60. The van der Waals surface area contributed by atoms with Crippen LogP contribution in [0.5, 0.6) is 5.75 Å². The van der Waals surface area contributed by atoms with Gasteiger partial charge in [0, 0.05) is 5.02 Å². The van der Waals surface area contributed by atoms with Crippen molar-refractivity contribution < 1.29 is 31.6 Å². The van der Waals surface area contributed by atoms with Gasteiger partial charge in [-0.15, -0.1) is 0 Å². The van der Waals surface area contributed by atoms with Crippen LogP contribution >= 0.6 is 23.2 Å². The van der Waals surface area contributed by atoms with E-state index in [1.165, 1.54) is 4.90 Å². The first-order chi connectivity index (χ1) is 8.49. The first-order valence-corrected chi connectivity index (χ1v) is 6.27. The van der Waals surface area contributed by atoms with Crippen molar-refractivity contribution in [3.05, 3.63) is 28.2 Å². The van der Waals surface area contributed by atoms with E-state index in [1.54, 1.807) is 18.2 Å². The normalized spacial score (nSPS) is 9.95. The highest BCUT2D eigenvalue weighted by Crippen LogP contribution is 2.27. The number of halogens is 3. The van der Waals surface area contributed by atoms with E-state index >= 15 is 0 Å². The van der Waals surface area contributed by atoms with Gasteiger partial charge in [-0.1, -0.05) is 23.2 Å². The van der Waals surface area contributed by atoms with E-state index < -0.39 is 5.97 Å². The maximum atomic E-state index is 11.4. The zero-order chi connectivity index (χ0) is 13.5. The summed E-state index contributed by atoms with van der Waals surface area (Å²) in [6.45, 7) is 0.969. The molecule has 1 aromatic rings. The second-order valence-electron chi connectivity index (χ2n) is 4.04. The second kappa shape index (κ2) is 9.26. The minimum atomic E-state index is -0.415. The third-order valence-corrected chi connectivity index (χ3v) is 2.64. The van der Waals surface area contributed by atoms with Crippen LogP contribution < -0.4 is 22.0 Å². The van der Waals surface area contributed by atoms with Crippen molar-refractivity contribution in [2.45, 2.75) is 0 Å². The fraction of sp³-hybridized carbons (Fsp3) is 0.417. The number of esters is 1. The van der Waals surface area contributed by atoms with Crippen LogP contribution in [-0.4, -0.2) is 39.8 Å². The van der Waals surface area contributed by atoms with Crippen molar-refractivity contribution in [2.24, 2.45) is 0 Å². The summed E-state index contributed by atoms with van der Waals surface area (Å²) in [4.78, 5) is 12.6. The summed E-state index contributed by atoms with van der Waals surface area (Å²) in [6.07, 6.45) is 0. The summed E-state index contributed by atoms with van der Waals surface area (Å²) in [5.74, 6) is -0.00137. The van der Waals surface area contributed by atoms with Crippen LogP contribution in [0.3, 0.4) is 0 Å². The highest BCUT2D eigenvalue weighted by atomic mass is 35.5. The van der Waals surface area contributed by atoms with E-state index in [4.69, 9.17) is 32.7 Å². The minimum absolute atomic E-state index is 0. The predicted molar refractivity (Wildman–Crippen MR) is 70.6 cm³/mol. The van der Waals surface area contributed by atoms with Crippen LogP contribution in [0.25, 0.3) is 0 Å². The minimum Gasteiger partial charge on any atom is -1.00 e. The molecule has 1 aromatic carbocycles. The summed E-state index contributed by atoms with van der Waals surface area (Å²) in [6, 6.07) is 4.81. The monoisotopic (exact) mass is 327 g/mol. The van der Waals surface area contributed by atoms with Crippen LogP contribution in [0, 0.1) is 0 Å². The largest absolute Gasteiger partial charge is 1.00 e. The van der Waals surface area contributed by atoms with E-state index in [9.17, 15) is 4.79 Å². The first-order valence-electron chi connectivity index (χ1n) is 5.51. The number of hydrogen-bond acceptors (Lipinski definition) is 3. The molecule has 108 valence electrons. The van der Waals surface area contributed by atoms with Gasteiger partial charge in [0.15, 0.2) is 6.61 Å². The summed E-state index contributed by atoms with van der Waals surface area (Å²) in [5.41, 5.74) is 0. The van der Waals surface area contributed by atoms with Gasteiger partial charge in [-0.3, -0.25) is 0 Å². The van der Waals surface area contributed by atoms with Gasteiger partial charge in [-0.25, -0.2) is 4.79 Å². The first kappa shape index (κ1) is 18.3. The Labute approximate surface area is 129 Å². The number of ether oxygens (including phenoxy) is 2. The summed E-state index contributed by atoms with van der Waals surface area (Å²) >= 11 is 11.6. The molecule has 0 aromatic heterocycles. The molecule has 0 aliphatic heterocycles. The number of rotatable bonds is 6. The van der Waals surface area contributed by atoms with Crippen molar-refractivity contribution in [3.63, 3.8) is 0 Å². The molecule has 0 spiro atoms. The smallest absolute Gasteiger partial charge is 0.344 e. The van der Waals surface area contributed by atoms with Crippen LogP contribution in [0.1, 0.15) is 0 Å². The molecule has 0 bridgehead atoms. The summed E-state index contributed by atoms with van der Waals surface area (Å²) in [7, 11) is 3.97. The molecule has 0 fully saturated rings. The molecule has 7 heteroatoms. The Morgan fingerprint density at radius 3 is 2.58 bits per heavy atom. The average molecular weight is 329 g/mol. The Balaban J connectivity index is 0.00000324. The van der Waals surface area contributed by atoms with Crippen molar-refractivity contribution in [3.8, 4) is 5.75 Å². The molecule has 0 radical (unpaired) electrons. The molecule has 0 heterocycles. The van der Waals surface area contributed by atoms with Crippen molar-refractivity contribution in [1.82, 2.24) is 0 Å². The van der Waals surface area contributed by atoms with Crippen molar-refractivity contribution in [1.29, 1.82) is 0 Å². The van der Waals surface area contributed by atoms with Gasteiger partial charge in [0.1, 0.15) is 18.9 Å². The Hall–Kier alpha value is -0.680. The molecular formula is C12H16Cl3NO3. The van der Waals surface area contributed by atoms with Gasteiger partial charge >= 0.3 is 5.97 Å². The molecule has 0 aliphatic carbocycles. The van der Waals surface area contributed by atoms with E-state index in [2.05, 4.69) is 0 Å². The van der Waals surface area contributed by atoms with E-state index in [-0.39, 0.29) is 19.0 Å². The van der Waals surface area contributed by atoms with Gasteiger partial charge in [0.2, 0.25) is 0 Å². The fourth-order valence-electron chi connectivity index (χ4n) is 1.14. The lowest BCUT2D eigenvalue weighted by Crippen LogP contribution is -3.06. The molecule has 19 heavy (non-hydrogen) atoms. The topological polar surface area (TPSA) is 40.0 Å². The predicted octanol–water partition coefficient (Wildman–Crippen LogP) is -1.94. The molecule has 0 aliphatic rings. The number of nitrogens with one attached hydrogen (secondary N) is 1. The van der Waals surface area contributed by atoms with Crippen LogP contribution in [-0.2, 0) is 9.53 Å². The summed E-state index contributed by atoms with van der Waals surface area (Å²) in [5, 5.41) is 0.886. The zero-order valence-electron chi connectivity index (χ0n) is 10.7. The molecule has 0 amide bonds. The molecule has 1 rings (SSSR count). The molecule has 0 saturated heterocycles. The lowest BCUT2D eigenvalue weighted by Gasteiger charge is -2.09. The van der Waals surface area contributed by atoms with Crippen molar-refractivity contribution in [2.75, 3.05) is 33.9 Å².